The fourth-order valence-corrected chi connectivity index (χ4v) is 3.02. The number of anilines is 2. The van der Waals surface area contributed by atoms with Gasteiger partial charge >= 0.3 is 0 Å². The summed E-state index contributed by atoms with van der Waals surface area (Å²) in [6.45, 7) is 1.12. The molecule has 0 aliphatic heterocycles. The lowest BCUT2D eigenvalue weighted by molar-refractivity contribution is -0.114. The molecular formula is C11H17N3O5S2. The monoisotopic (exact) mass is 335 g/mol. The Bertz CT molecular complexity index is 713. The zero-order valence-corrected chi connectivity index (χ0v) is 13.2. The van der Waals surface area contributed by atoms with Crippen molar-refractivity contribution in [2.75, 3.05) is 28.6 Å². The molecule has 8 nitrogen and oxygen atoms in total. The summed E-state index contributed by atoms with van der Waals surface area (Å²) in [5.41, 5.74) is 0.734. The van der Waals surface area contributed by atoms with Crippen molar-refractivity contribution in [2.24, 2.45) is 0 Å². The lowest BCUT2D eigenvalue weighted by Gasteiger charge is -2.10. The molecule has 1 amide bonds. The van der Waals surface area contributed by atoms with Crippen LogP contribution in [-0.2, 0) is 24.8 Å². The molecule has 21 heavy (non-hydrogen) atoms. The minimum atomic E-state index is -3.69. The maximum Gasteiger partial charge on any atom is 0.234 e. The molecule has 0 aromatic heterocycles. The third-order valence-electron chi connectivity index (χ3n) is 2.19. The smallest absolute Gasteiger partial charge is 0.234 e. The number of sulfonamides is 2. The van der Waals surface area contributed by atoms with Crippen LogP contribution in [0, 0.1) is 0 Å². The van der Waals surface area contributed by atoms with E-state index in [9.17, 15) is 21.6 Å². The van der Waals surface area contributed by atoms with Crippen LogP contribution >= 0.6 is 0 Å². The first-order valence-corrected chi connectivity index (χ1v) is 9.44. The second-order valence-corrected chi connectivity index (χ2v) is 8.02. The van der Waals surface area contributed by atoms with Gasteiger partial charge in [0, 0.05) is 19.2 Å². The van der Waals surface area contributed by atoms with Crippen LogP contribution < -0.4 is 14.8 Å². The molecule has 0 fully saturated rings. The summed E-state index contributed by atoms with van der Waals surface area (Å²) in [5, 5.41) is 2.53. The van der Waals surface area contributed by atoms with Gasteiger partial charge in [0.1, 0.15) is 0 Å². The van der Waals surface area contributed by atoms with Crippen molar-refractivity contribution < 1.29 is 21.6 Å². The Hall–Kier alpha value is -1.65. The Morgan fingerprint density at radius 3 is 2.33 bits per heavy atom. The molecule has 118 valence electrons. The second kappa shape index (κ2) is 6.87. The Morgan fingerprint density at radius 1 is 1.14 bits per heavy atom. The van der Waals surface area contributed by atoms with E-state index in [1.807, 2.05) is 0 Å². The molecule has 10 heteroatoms. The Labute approximate surface area is 124 Å². The lowest BCUT2D eigenvalue weighted by Crippen LogP contribution is -2.30. The normalized spacial score (nSPS) is 11.9. The van der Waals surface area contributed by atoms with Gasteiger partial charge in [0.05, 0.1) is 17.7 Å². The third-order valence-corrected chi connectivity index (χ3v) is 4.21. The number of carbonyl (C=O) groups excluding carboxylic acids is 1. The molecule has 0 saturated heterocycles. The Kier molecular flexibility index (Phi) is 5.70. The molecular weight excluding hydrogens is 318 g/mol. The van der Waals surface area contributed by atoms with Crippen LogP contribution in [0.1, 0.15) is 6.92 Å². The van der Waals surface area contributed by atoms with Crippen LogP contribution in [0.25, 0.3) is 0 Å². The van der Waals surface area contributed by atoms with Gasteiger partial charge in [0.15, 0.2) is 0 Å². The second-order valence-electron chi connectivity index (χ2n) is 4.35. The molecule has 0 heterocycles. The molecule has 0 radical (unpaired) electrons. The maximum atomic E-state index is 11.8. The first-order valence-electron chi connectivity index (χ1n) is 5.90. The lowest BCUT2D eigenvalue weighted by atomic mass is 10.3. The zero-order chi connectivity index (χ0) is 16.1. The highest BCUT2D eigenvalue weighted by atomic mass is 32.2. The van der Waals surface area contributed by atoms with E-state index < -0.39 is 25.8 Å². The summed E-state index contributed by atoms with van der Waals surface area (Å²) < 4.78 is 49.7. The highest BCUT2D eigenvalue weighted by molar-refractivity contribution is 7.92. The van der Waals surface area contributed by atoms with Crippen molar-refractivity contribution in [3.05, 3.63) is 24.3 Å². The topological polar surface area (TPSA) is 121 Å². The minimum absolute atomic E-state index is 0.223. The molecule has 0 bridgehead atoms. The van der Waals surface area contributed by atoms with Gasteiger partial charge in [-0.05, 0) is 18.2 Å². The van der Waals surface area contributed by atoms with Gasteiger partial charge in [-0.3, -0.25) is 9.52 Å². The first-order chi connectivity index (χ1) is 9.57. The molecule has 0 aliphatic carbocycles. The zero-order valence-electron chi connectivity index (χ0n) is 11.6. The number of carbonyl (C=O) groups is 1. The van der Waals surface area contributed by atoms with Crippen molar-refractivity contribution >= 4 is 37.3 Å². The van der Waals surface area contributed by atoms with Gasteiger partial charge in [0.2, 0.25) is 26.0 Å². The quantitative estimate of drug-likeness (QED) is 0.644. The van der Waals surface area contributed by atoms with Crippen molar-refractivity contribution in [2.45, 2.75) is 6.92 Å². The Morgan fingerprint density at radius 2 is 1.76 bits per heavy atom. The summed E-state index contributed by atoms with van der Waals surface area (Å²) in [5.74, 6) is -0.669. The van der Waals surface area contributed by atoms with Crippen molar-refractivity contribution in [1.82, 2.24) is 4.72 Å². The predicted molar refractivity (Wildman–Crippen MR) is 81.0 cm³/mol. The van der Waals surface area contributed by atoms with Gasteiger partial charge in [-0.15, -0.1) is 0 Å². The predicted octanol–water partition coefficient (Wildman–Crippen LogP) is -0.0641. The van der Waals surface area contributed by atoms with Gasteiger partial charge in [-0.1, -0.05) is 6.07 Å². The number of hydrogen-bond acceptors (Lipinski definition) is 5. The van der Waals surface area contributed by atoms with Crippen molar-refractivity contribution in [1.29, 1.82) is 0 Å². The van der Waals surface area contributed by atoms with Crippen LogP contribution in [0.5, 0.6) is 0 Å². The van der Waals surface area contributed by atoms with E-state index in [1.54, 1.807) is 12.1 Å². The van der Waals surface area contributed by atoms with E-state index in [0.29, 0.717) is 5.69 Å². The molecule has 1 aromatic carbocycles. The van der Waals surface area contributed by atoms with Gasteiger partial charge in [0.25, 0.3) is 0 Å². The van der Waals surface area contributed by atoms with Gasteiger partial charge < -0.3 is 5.32 Å². The average molecular weight is 335 g/mol. The fourth-order valence-electron chi connectivity index (χ4n) is 1.46. The van der Waals surface area contributed by atoms with E-state index in [2.05, 4.69) is 14.8 Å². The number of hydrogen-bond donors (Lipinski definition) is 3. The van der Waals surface area contributed by atoms with Crippen LogP contribution in [0.4, 0.5) is 11.4 Å². The van der Waals surface area contributed by atoms with E-state index in [0.717, 1.165) is 6.26 Å². The van der Waals surface area contributed by atoms with E-state index in [-0.39, 0.29) is 18.1 Å². The van der Waals surface area contributed by atoms with Crippen molar-refractivity contribution in [3.8, 4) is 0 Å². The van der Waals surface area contributed by atoms with Crippen LogP contribution in [-0.4, -0.2) is 41.3 Å². The van der Waals surface area contributed by atoms with Crippen LogP contribution in [0.2, 0.25) is 0 Å². The highest BCUT2D eigenvalue weighted by Gasteiger charge is 2.12. The highest BCUT2D eigenvalue weighted by Crippen LogP contribution is 2.16. The summed E-state index contributed by atoms with van der Waals surface area (Å²) in [7, 11) is -7.12. The number of amides is 1. The summed E-state index contributed by atoms with van der Waals surface area (Å²) in [6.07, 6.45) is 0.948. The number of rotatable bonds is 7. The molecule has 0 saturated carbocycles. The van der Waals surface area contributed by atoms with E-state index in [1.165, 1.54) is 19.1 Å². The molecule has 3 N–H and O–H groups in total. The molecule has 1 aromatic rings. The molecule has 0 spiro atoms. The number of benzene rings is 1. The van der Waals surface area contributed by atoms with Gasteiger partial charge in [-0.25, -0.2) is 21.6 Å². The standard InChI is InChI=1S/C11H17N3O5S2/c1-9(15)13-10-4-3-5-11(8-10)14-21(18,19)7-6-12-20(2,16)17/h3-5,8,12,14H,6-7H2,1-2H3,(H,13,15). The van der Waals surface area contributed by atoms with E-state index >= 15 is 0 Å². The third kappa shape index (κ3) is 7.63. The minimum Gasteiger partial charge on any atom is -0.326 e. The van der Waals surface area contributed by atoms with Crippen molar-refractivity contribution in [3.63, 3.8) is 0 Å². The molecule has 0 unspecified atom stereocenters. The average Bonchev–Trinajstić information content (AvgIpc) is 2.25. The summed E-state index contributed by atoms with van der Waals surface area (Å²) in [4.78, 5) is 10.9. The van der Waals surface area contributed by atoms with Gasteiger partial charge in [-0.2, -0.15) is 0 Å². The first kappa shape index (κ1) is 17.4. The maximum absolute atomic E-state index is 11.8. The molecule has 0 aliphatic rings. The molecule has 1 rings (SSSR count). The SMILES string of the molecule is CC(=O)Nc1cccc(NS(=O)(=O)CCNS(C)(=O)=O)c1. The number of nitrogens with one attached hydrogen (secondary N) is 3. The largest absolute Gasteiger partial charge is 0.326 e. The van der Waals surface area contributed by atoms with E-state index in [4.69, 9.17) is 0 Å². The fraction of sp³-hybridized carbons (Fsp3) is 0.364. The van der Waals surface area contributed by atoms with Crippen LogP contribution in [0.15, 0.2) is 24.3 Å². The summed E-state index contributed by atoms with van der Waals surface area (Å²) >= 11 is 0. The molecule has 0 atom stereocenters. The summed E-state index contributed by atoms with van der Waals surface area (Å²) in [6, 6.07) is 6.18. The Balaban J connectivity index is 2.68. The van der Waals surface area contributed by atoms with Crippen LogP contribution in [0.3, 0.4) is 0 Å².